The van der Waals surface area contributed by atoms with Crippen LogP contribution in [0, 0.1) is 0 Å². The molecule has 136 valence electrons. The standard InChI is InChI=1S/C20H18N4O3/c1-25-16-6-4-14(10-17(16)26-2)20-23-22-18-7-5-15(12-24(18)20)13-8-9-21-19(11-13)27-3/h4-12H,1-3H3. The van der Waals surface area contributed by atoms with Gasteiger partial charge >= 0.3 is 0 Å². The molecule has 0 amide bonds. The molecule has 0 aliphatic carbocycles. The molecular formula is C20H18N4O3. The van der Waals surface area contributed by atoms with Crippen molar-refractivity contribution in [1.82, 2.24) is 19.6 Å². The van der Waals surface area contributed by atoms with E-state index < -0.39 is 0 Å². The molecule has 0 fully saturated rings. The van der Waals surface area contributed by atoms with E-state index in [1.165, 1.54) is 0 Å². The number of ether oxygens (including phenoxy) is 3. The maximum atomic E-state index is 5.40. The molecule has 0 spiro atoms. The topological polar surface area (TPSA) is 70.8 Å². The molecule has 0 N–H and O–H groups in total. The van der Waals surface area contributed by atoms with E-state index in [-0.39, 0.29) is 0 Å². The molecule has 3 aromatic heterocycles. The van der Waals surface area contributed by atoms with Gasteiger partial charge in [-0.05, 0) is 47.5 Å². The second-order valence-electron chi connectivity index (χ2n) is 5.83. The quantitative estimate of drug-likeness (QED) is 0.541. The van der Waals surface area contributed by atoms with Gasteiger partial charge in [0, 0.05) is 24.0 Å². The maximum Gasteiger partial charge on any atom is 0.213 e. The number of nitrogens with zero attached hydrogens (tertiary/aromatic N) is 4. The molecule has 0 unspecified atom stereocenters. The summed E-state index contributed by atoms with van der Waals surface area (Å²) >= 11 is 0. The fourth-order valence-corrected chi connectivity index (χ4v) is 2.93. The Bertz CT molecular complexity index is 1110. The van der Waals surface area contributed by atoms with Crippen molar-refractivity contribution in [3.05, 3.63) is 54.9 Å². The Kier molecular flexibility index (Phi) is 4.33. The van der Waals surface area contributed by atoms with Gasteiger partial charge in [-0.25, -0.2) is 4.98 Å². The van der Waals surface area contributed by atoms with Gasteiger partial charge in [0.05, 0.1) is 21.3 Å². The summed E-state index contributed by atoms with van der Waals surface area (Å²) in [5.41, 5.74) is 3.63. The number of aromatic nitrogens is 4. The van der Waals surface area contributed by atoms with Crippen LogP contribution >= 0.6 is 0 Å². The van der Waals surface area contributed by atoms with E-state index in [0.29, 0.717) is 23.2 Å². The number of hydrogen-bond donors (Lipinski definition) is 0. The minimum atomic E-state index is 0.566. The van der Waals surface area contributed by atoms with Crippen LogP contribution in [0.15, 0.2) is 54.9 Å². The lowest BCUT2D eigenvalue weighted by atomic mass is 10.1. The van der Waals surface area contributed by atoms with Gasteiger partial charge in [0.25, 0.3) is 0 Å². The van der Waals surface area contributed by atoms with Crippen molar-refractivity contribution in [3.63, 3.8) is 0 Å². The molecule has 7 nitrogen and oxygen atoms in total. The highest BCUT2D eigenvalue weighted by molar-refractivity contribution is 5.69. The van der Waals surface area contributed by atoms with Gasteiger partial charge in [0.15, 0.2) is 23.0 Å². The Morgan fingerprint density at radius 1 is 0.741 bits per heavy atom. The fraction of sp³-hybridized carbons (Fsp3) is 0.150. The fourth-order valence-electron chi connectivity index (χ4n) is 2.93. The smallest absolute Gasteiger partial charge is 0.213 e. The Morgan fingerprint density at radius 3 is 2.33 bits per heavy atom. The van der Waals surface area contributed by atoms with Crippen molar-refractivity contribution in [2.24, 2.45) is 0 Å². The number of hydrogen-bond acceptors (Lipinski definition) is 6. The number of rotatable bonds is 5. The molecule has 1 aromatic carbocycles. The Hall–Kier alpha value is -3.61. The molecule has 3 heterocycles. The average molecular weight is 362 g/mol. The van der Waals surface area contributed by atoms with E-state index in [2.05, 4.69) is 15.2 Å². The molecule has 7 heteroatoms. The first kappa shape index (κ1) is 16.8. The highest BCUT2D eigenvalue weighted by atomic mass is 16.5. The van der Waals surface area contributed by atoms with Crippen molar-refractivity contribution in [2.75, 3.05) is 21.3 Å². The van der Waals surface area contributed by atoms with Crippen LogP contribution in [0.2, 0.25) is 0 Å². The van der Waals surface area contributed by atoms with Gasteiger partial charge in [-0.3, -0.25) is 4.40 Å². The molecule has 4 aromatic rings. The molecule has 0 aliphatic rings. The van der Waals surface area contributed by atoms with Crippen LogP contribution in [0.3, 0.4) is 0 Å². The number of benzene rings is 1. The third-order valence-electron chi connectivity index (χ3n) is 4.32. The summed E-state index contributed by atoms with van der Waals surface area (Å²) in [4.78, 5) is 4.16. The maximum absolute atomic E-state index is 5.40. The van der Waals surface area contributed by atoms with Gasteiger partial charge in [-0.2, -0.15) is 0 Å². The Morgan fingerprint density at radius 2 is 1.56 bits per heavy atom. The van der Waals surface area contributed by atoms with Gasteiger partial charge in [-0.15, -0.1) is 10.2 Å². The third kappa shape index (κ3) is 3.03. The van der Waals surface area contributed by atoms with E-state index in [9.17, 15) is 0 Å². The van der Waals surface area contributed by atoms with E-state index >= 15 is 0 Å². The number of pyridine rings is 2. The summed E-state index contributed by atoms with van der Waals surface area (Å²) in [5.74, 6) is 2.59. The highest BCUT2D eigenvalue weighted by Gasteiger charge is 2.13. The van der Waals surface area contributed by atoms with Gasteiger partial charge in [0.2, 0.25) is 5.88 Å². The van der Waals surface area contributed by atoms with Gasteiger partial charge < -0.3 is 14.2 Å². The largest absolute Gasteiger partial charge is 0.493 e. The second kappa shape index (κ2) is 6.95. The van der Waals surface area contributed by atoms with Crippen LogP contribution in [-0.2, 0) is 0 Å². The van der Waals surface area contributed by atoms with Crippen LogP contribution in [-0.4, -0.2) is 40.9 Å². The zero-order valence-corrected chi connectivity index (χ0v) is 15.2. The van der Waals surface area contributed by atoms with Crippen LogP contribution < -0.4 is 14.2 Å². The molecule has 27 heavy (non-hydrogen) atoms. The van der Waals surface area contributed by atoms with Crippen molar-refractivity contribution >= 4 is 5.65 Å². The predicted molar refractivity (Wildman–Crippen MR) is 101 cm³/mol. The Labute approximate surface area is 156 Å². The molecule has 0 saturated carbocycles. The first-order valence-electron chi connectivity index (χ1n) is 8.31. The molecule has 0 aliphatic heterocycles. The van der Waals surface area contributed by atoms with Crippen LogP contribution in [0.4, 0.5) is 0 Å². The second-order valence-corrected chi connectivity index (χ2v) is 5.83. The predicted octanol–water partition coefficient (Wildman–Crippen LogP) is 3.48. The Balaban J connectivity index is 1.83. The van der Waals surface area contributed by atoms with E-state index in [4.69, 9.17) is 14.2 Å². The lowest BCUT2D eigenvalue weighted by Crippen LogP contribution is -1.94. The van der Waals surface area contributed by atoms with E-state index in [1.807, 2.05) is 53.1 Å². The summed E-state index contributed by atoms with van der Waals surface area (Å²) in [5, 5.41) is 8.61. The van der Waals surface area contributed by atoms with Crippen molar-refractivity contribution in [3.8, 4) is 39.9 Å². The molecular weight excluding hydrogens is 344 g/mol. The SMILES string of the molecule is COc1cc(-c2ccc3nnc(-c4ccc(OC)c(OC)c4)n3c2)ccn1. The zero-order valence-electron chi connectivity index (χ0n) is 15.2. The third-order valence-corrected chi connectivity index (χ3v) is 4.32. The summed E-state index contributed by atoms with van der Waals surface area (Å²) in [6, 6.07) is 13.4. The lowest BCUT2D eigenvalue weighted by molar-refractivity contribution is 0.355. The average Bonchev–Trinajstić information content (AvgIpc) is 3.16. The van der Waals surface area contributed by atoms with E-state index in [0.717, 1.165) is 22.3 Å². The van der Waals surface area contributed by atoms with Crippen molar-refractivity contribution in [1.29, 1.82) is 0 Å². The van der Waals surface area contributed by atoms with Crippen LogP contribution in [0.1, 0.15) is 0 Å². The molecule has 0 saturated heterocycles. The molecule has 0 radical (unpaired) electrons. The van der Waals surface area contributed by atoms with Crippen molar-refractivity contribution in [2.45, 2.75) is 0 Å². The number of fused-ring (bicyclic) bond motifs is 1. The minimum Gasteiger partial charge on any atom is -0.493 e. The van der Waals surface area contributed by atoms with Crippen molar-refractivity contribution < 1.29 is 14.2 Å². The monoisotopic (exact) mass is 362 g/mol. The number of methoxy groups -OCH3 is 3. The summed E-state index contributed by atoms with van der Waals surface area (Å²) in [6.45, 7) is 0. The first-order valence-corrected chi connectivity index (χ1v) is 8.31. The van der Waals surface area contributed by atoms with E-state index in [1.54, 1.807) is 27.5 Å². The van der Waals surface area contributed by atoms with Gasteiger partial charge in [0.1, 0.15) is 0 Å². The summed E-state index contributed by atoms with van der Waals surface area (Å²) < 4.78 is 17.9. The molecule has 4 rings (SSSR count). The highest BCUT2D eigenvalue weighted by Crippen LogP contribution is 2.32. The zero-order chi connectivity index (χ0) is 18.8. The lowest BCUT2D eigenvalue weighted by Gasteiger charge is -2.09. The van der Waals surface area contributed by atoms with Crippen LogP contribution in [0.5, 0.6) is 17.4 Å². The first-order chi connectivity index (χ1) is 13.2. The molecule has 0 atom stereocenters. The van der Waals surface area contributed by atoms with Crippen LogP contribution in [0.25, 0.3) is 28.2 Å². The summed E-state index contributed by atoms with van der Waals surface area (Å²) in [7, 11) is 4.82. The molecule has 0 bridgehead atoms. The van der Waals surface area contributed by atoms with Gasteiger partial charge in [-0.1, -0.05) is 0 Å². The normalized spacial score (nSPS) is 10.8. The summed E-state index contributed by atoms with van der Waals surface area (Å²) in [6.07, 6.45) is 3.72. The minimum absolute atomic E-state index is 0.566.